The van der Waals surface area contributed by atoms with Crippen molar-refractivity contribution in [1.82, 2.24) is 9.97 Å². The molecule has 1 heterocycles. The molecule has 2 aromatic rings. The highest BCUT2D eigenvalue weighted by molar-refractivity contribution is 7.92. The van der Waals surface area contributed by atoms with Crippen LogP contribution in [0.4, 0.5) is 11.4 Å². The number of sulfonamides is 1. The van der Waals surface area contributed by atoms with Gasteiger partial charge in [0.05, 0.1) is 24.2 Å². The van der Waals surface area contributed by atoms with Crippen LogP contribution in [-0.4, -0.2) is 24.6 Å². The monoisotopic (exact) mass is 292 g/mol. The van der Waals surface area contributed by atoms with Gasteiger partial charge >= 0.3 is 0 Å². The highest BCUT2D eigenvalue weighted by Crippen LogP contribution is 2.20. The van der Waals surface area contributed by atoms with E-state index in [2.05, 4.69) is 20.0 Å². The van der Waals surface area contributed by atoms with Gasteiger partial charge in [0.1, 0.15) is 6.33 Å². The molecule has 0 spiro atoms. The van der Waals surface area contributed by atoms with E-state index in [1.807, 2.05) is 25.1 Å². The molecule has 0 radical (unpaired) electrons. The topological polar surface area (TPSA) is 84.0 Å². The molecular formula is C13H16N4O2S. The second-order valence-corrected chi connectivity index (χ2v) is 6.21. The summed E-state index contributed by atoms with van der Waals surface area (Å²) in [6.07, 6.45) is 4.32. The smallest absolute Gasteiger partial charge is 0.229 e. The lowest BCUT2D eigenvalue weighted by Gasteiger charge is -2.11. The van der Waals surface area contributed by atoms with Crippen LogP contribution < -0.4 is 10.0 Å². The summed E-state index contributed by atoms with van der Waals surface area (Å²) in [7, 11) is -3.26. The van der Waals surface area contributed by atoms with E-state index in [4.69, 9.17) is 0 Å². The Labute approximate surface area is 118 Å². The number of rotatable bonds is 5. The number of hydrogen-bond donors (Lipinski definition) is 2. The molecule has 0 bridgehead atoms. The maximum absolute atomic E-state index is 11.2. The minimum Gasteiger partial charge on any atom is -0.379 e. The first-order valence-electron chi connectivity index (χ1n) is 6.01. The van der Waals surface area contributed by atoms with Gasteiger partial charge in [-0.05, 0) is 36.8 Å². The molecule has 0 aliphatic heterocycles. The zero-order valence-electron chi connectivity index (χ0n) is 11.3. The van der Waals surface area contributed by atoms with Crippen LogP contribution >= 0.6 is 0 Å². The Balaban J connectivity index is 2.06. The third-order valence-electron chi connectivity index (χ3n) is 2.64. The molecule has 6 nitrogen and oxygen atoms in total. The Morgan fingerprint density at radius 3 is 2.65 bits per heavy atom. The zero-order chi connectivity index (χ0) is 14.6. The van der Waals surface area contributed by atoms with Crippen molar-refractivity contribution in [2.75, 3.05) is 16.3 Å². The van der Waals surface area contributed by atoms with E-state index in [0.717, 1.165) is 23.2 Å². The Morgan fingerprint density at radius 1 is 1.25 bits per heavy atom. The first-order chi connectivity index (χ1) is 9.44. The average Bonchev–Trinajstić information content (AvgIpc) is 2.39. The molecule has 0 saturated heterocycles. The van der Waals surface area contributed by atoms with Crippen molar-refractivity contribution >= 4 is 21.4 Å². The van der Waals surface area contributed by atoms with Crippen LogP contribution in [0.5, 0.6) is 0 Å². The van der Waals surface area contributed by atoms with Crippen LogP contribution in [0, 0.1) is 6.92 Å². The summed E-state index contributed by atoms with van der Waals surface area (Å²) < 4.78 is 24.9. The van der Waals surface area contributed by atoms with Crippen molar-refractivity contribution < 1.29 is 8.42 Å². The van der Waals surface area contributed by atoms with E-state index in [1.165, 1.54) is 6.33 Å². The Kier molecular flexibility index (Phi) is 4.19. The molecular weight excluding hydrogens is 276 g/mol. The summed E-state index contributed by atoms with van der Waals surface area (Å²) in [5, 5.41) is 3.22. The SMILES string of the molecule is Cc1cc(NCc2ccncn2)ccc1NS(C)(=O)=O. The molecule has 0 amide bonds. The number of anilines is 2. The van der Waals surface area contributed by atoms with Crippen LogP contribution in [0.2, 0.25) is 0 Å². The molecule has 106 valence electrons. The second-order valence-electron chi connectivity index (χ2n) is 4.46. The maximum atomic E-state index is 11.2. The number of hydrogen-bond acceptors (Lipinski definition) is 5. The Morgan fingerprint density at radius 2 is 2.05 bits per heavy atom. The predicted molar refractivity (Wildman–Crippen MR) is 79.0 cm³/mol. The molecule has 7 heteroatoms. The van der Waals surface area contributed by atoms with Gasteiger partial charge in [-0.3, -0.25) is 4.72 Å². The summed E-state index contributed by atoms with van der Waals surface area (Å²) in [6, 6.07) is 7.27. The number of nitrogens with one attached hydrogen (secondary N) is 2. The lowest BCUT2D eigenvalue weighted by molar-refractivity contribution is 0.607. The maximum Gasteiger partial charge on any atom is 0.229 e. The van der Waals surface area contributed by atoms with E-state index >= 15 is 0 Å². The standard InChI is InChI=1S/C13H16N4O2S/c1-10-7-11(3-4-13(10)17-20(2,18)19)15-8-12-5-6-14-9-16-12/h3-7,9,15,17H,8H2,1-2H3. The van der Waals surface area contributed by atoms with Crippen LogP contribution in [0.15, 0.2) is 36.8 Å². The van der Waals surface area contributed by atoms with Gasteiger partial charge in [-0.15, -0.1) is 0 Å². The van der Waals surface area contributed by atoms with Crippen LogP contribution in [0.3, 0.4) is 0 Å². The van der Waals surface area contributed by atoms with E-state index in [-0.39, 0.29) is 0 Å². The van der Waals surface area contributed by atoms with Gasteiger partial charge < -0.3 is 5.32 Å². The average molecular weight is 292 g/mol. The van der Waals surface area contributed by atoms with Crippen molar-refractivity contribution in [1.29, 1.82) is 0 Å². The molecule has 2 N–H and O–H groups in total. The molecule has 0 unspecified atom stereocenters. The summed E-state index contributed by atoms with van der Waals surface area (Å²) >= 11 is 0. The molecule has 1 aromatic carbocycles. The minimum absolute atomic E-state index is 0.583. The summed E-state index contributed by atoms with van der Waals surface area (Å²) in [5.74, 6) is 0. The van der Waals surface area contributed by atoms with Gasteiger partial charge in [-0.25, -0.2) is 18.4 Å². The normalized spacial score (nSPS) is 11.1. The predicted octanol–water partition coefficient (Wildman–Crippen LogP) is 1.77. The molecule has 1 aromatic heterocycles. The molecule has 0 aliphatic rings. The van der Waals surface area contributed by atoms with Crippen molar-refractivity contribution in [3.8, 4) is 0 Å². The van der Waals surface area contributed by atoms with Crippen molar-refractivity contribution in [3.63, 3.8) is 0 Å². The molecule has 0 aliphatic carbocycles. The molecule has 0 saturated carbocycles. The van der Waals surface area contributed by atoms with Gasteiger partial charge in [0.15, 0.2) is 0 Å². The Bertz CT molecular complexity index is 687. The number of aryl methyl sites for hydroxylation is 1. The zero-order valence-corrected chi connectivity index (χ0v) is 12.1. The van der Waals surface area contributed by atoms with Crippen LogP contribution in [0.25, 0.3) is 0 Å². The lowest BCUT2D eigenvalue weighted by Crippen LogP contribution is -2.10. The minimum atomic E-state index is -3.26. The first-order valence-corrected chi connectivity index (χ1v) is 7.90. The summed E-state index contributed by atoms with van der Waals surface area (Å²) in [6.45, 7) is 2.43. The largest absolute Gasteiger partial charge is 0.379 e. The van der Waals surface area contributed by atoms with Crippen LogP contribution in [0.1, 0.15) is 11.3 Å². The van der Waals surface area contributed by atoms with Crippen molar-refractivity contribution in [3.05, 3.63) is 48.0 Å². The third kappa shape index (κ3) is 4.20. The highest BCUT2D eigenvalue weighted by Gasteiger charge is 2.05. The molecule has 2 rings (SSSR count). The lowest BCUT2D eigenvalue weighted by atomic mass is 10.2. The third-order valence-corrected chi connectivity index (χ3v) is 3.23. The fraction of sp³-hybridized carbons (Fsp3) is 0.231. The fourth-order valence-electron chi connectivity index (χ4n) is 1.70. The van der Waals surface area contributed by atoms with Gasteiger partial charge in [0.2, 0.25) is 10.0 Å². The van der Waals surface area contributed by atoms with E-state index < -0.39 is 10.0 Å². The van der Waals surface area contributed by atoms with Crippen molar-refractivity contribution in [2.45, 2.75) is 13.5 Å². The second kappa shape index (κ2) is 5.87. The number of nitrogens with zero attached hydrogens (tertiary/aromatic N) is 2. The highest BCUT2D eigenvalue weighted by atomic mass is 32.2. The molecule has 20 heavy (non-hydrogen) atoms. The van der Waals surface area contributed by atoms with Crippen LogP contribution in [-0.2, 0) is 16.6 Å². The van der Waals surface area contributed by atoms with Gasteiger partial charge in [0, 0.05) is 11.9 Å². The van der Waals surface area contributed by atoms with Crippen molar-refractivity contribution in [2.24, 2.45) is 0 Å². The fourth-order valence-corrected chi connectivity index (χ4v) is 2.33. The number of benzene rings is 1. The van der Waals surface area contributed by atoms with E-state index in [1.54, 1.807) is 12.3 Å². The summed E-state index contributed by atoms with van der Waals surface area (Å²) in [5.41, 5.74) is 3.22. The molecule has 0 fully saturated rings. The van der Waals surface area contributed by atoms with E-state index in [0.29, 0.717) is 12.2 Å². The van der Waals surface area contributed by atoms with Gasteiger partial charge in [0.25, 0.3) is 0 Å². The molecule has 0 atom stereocenters. The van der Waals surface area contributed by atoms with E-state index in [9.17, 15) is 8.42 Å². The quantitative estimate of drug-likeness (QED) is 0.877. The summed E-state index contributed by atoms with van der Waals surface area (Å²) in [4.78, 5) is 7.97. The van der Waals surface area contributed by atoms with Gasteiger partial charge in [-0.1, -0.05) is 0 Å². The first kappa shape index (κ1) is 14.3. The van der Waals surface area contributed by atoms with Gasteiger partial charge in [-0.2, -0.15) is 0 Å². The Hall–Kier alpha value is -2.15. The number of aromatic nitrogens is 2.